The fraction of sp³-hybridized carbons (Fsp3) is 0.0435. The number of nitrogens with zero attached hydrogens (tertiary/aromatic N) is 3. The van der Waals surface area contributed by atoms with Crippen LogP contribution in [0.5, 0.6) is 0 Å². The predicted molar refractivity (Wildman–Crippen MR) is 120 cm³/mol. The maximum absolute atomic E-state index is 12.9. The van der Waals surface area contributed by atoms with Crippen molar-refractivity contribution in [2.75, 3.05) is 0 Å². The van der Waals surface area contributed by atoms with Crippen LogP contribution in [0, 0.1) is 6.92 Å². The van der Waals surface area contributed by atoms with Crippen LogP contribution < -0.4 is 5.56 Å². The van der Waals surface area contributed by atoms with Gasteiger partial charge in [0.05, 0.1) is 28.2 Å². The van der Waals surface area contributed by atoms with Gasteiger partial charge in [-0.05, 0) is 49.4 Å². The summed E-state index contributed by atoms with van der Waals surface area (Å²) < 4.78 is 1.37. The Morgan fingerprint density at radius 3 is 2.71 bits per heavy atom. The van der Waals surface area contributed by atoms with Gasteiger partial charge in [-0.25, -0.2) is 9.48 Å². The van der Waals surface area contributed by atoms with Crippen LogP contribution in [-0.4, -0.2) is 32.1 Å². The Hall–Kier alpha value is -3.97. The van der Waals surface area contributed by atoms with E-state index in [2.05, 4.69) is 15.1 Å². The molecule has 31 heavy (non-hydrogen) atoms. The first-order valence-electron chi connectivity index (χ1n) is 9.34. The van der Waals surface area contributed by atoms with Gasteiger partial charge >= 0.3 is 5.97 Å². The van der Waals surface area contributed by atoms with E-state index in [9.17, 15) is 14.7 Å². The van der Waals surface area contributed by atoms with Gasteiger partial charge in [-0.1, -0.05) is 29.8 Å². The monoisotopic (exact) mass is 432 g/mol. The topological polar surface area (TPSA) is 100 Å². The smallest absolute Gasteiger partial charge is 0.337 e. The minimum atomic E-state index is -1.12. The number of halogens is 1. The number of rotatable bonds is 5. The third kappa shape index (κ3) is 4.17. The molecule has 0 saturated carbocycles. The lowest BCUT2D eigenvalue weighted by Crippen LogP contribution is -2.17. The van der Waals surface area contributed by atoms with E-state index in [0.29, 0.717) is 33.2 Å². The Labute approximate surface area is 182 Å². The van der Waals surface area contributed by atoms with Crippen LogP contribution in [0.15, 0.2) is 76.6 Å². The molecule has 0 aliphatic heterocycles. The Balaban J connectivity index is 1.72. The highest BCUT2D eigenvalue weighted by Gasteiger charge is 2.14. The first-order chi connectivity index (χ1) is 14.9. The molecule has 2 aromatic heterocycles. The highest BCUT2D eigenvalue weighted by Crippen LogP contribution is 2.26. The zero-order chi connectivity index (χ0) is 22.0. The van der Waals surface area contributed by atoms with Gasteiger partial charge in [0, 0.05) is 28.7 Å². The van der Waals surface area contributed by atoms with Crippen LogP contribution in [0.1, 0.15) is 21.6 Å². The number of carboxylic acids is 1. The predicted octanol–water partition coefficient (Wildman–Crippen LogP) is 4.64. The second kappa shape index (κ2) is 8.41. The van der Waals surface area contributed by atoms with E-state index < -0.39 is 5.97 Å². The van der Waals surface area contributed by atoms with Gasteiger partial charge in [0.2, 0.25) is 0 Å². The number of benzene rings is 2. The number of pyridine rings is 1. The second-order valence-corrected chi connectivity index (χ2v) is 7.22. The molecule has 0 aliphatic carbocycles. The maximum atomic E-state index is 12.9. The first kappa shape index (κ1) is 20.3. The molecule has 0 amide bonds. The van der Waals surface area contributed by atoms with Gasteiger partial charge in [-0.15, -0.1) is 0 Å². The molecule has 8 heteroatoms. The molecule has 0 unspecified atom stereocenters. The van der Waals surface area contributed by atoms with Gasteiger partial charge in [-0.3, -0.25) is 19.9 Å². The van der Waals surface area contributed by atoms with Crippen LogP contribution >= 0.6 is 11.6 Å². The average molecular weight is 433 g/mol. The summed E-state index contributed by atoms with van der Waals surface area (Å²) in [6, 6.07) is 17.2. The lowest BCUT2D eigenvalue weighted by Gasteiger charge is -2.05. The number of H-pyrrole nitrogens is 1. The van der Waals surface area contributed by atoms with Gasteiger partial charge in [0.1, 0.15) is 0 Å². The molecule has 2 aromatic carbocycles. The van der Waals surface area contributed by atoms with E-state index in [4.69, 9.17) is 11.6 Å². The minimum absolute atomic E-state index is 0.0164. The lowest BCUT2D eigenvalue weighted by atomic mass is 10.1. The van der Waals surface area contributed by atoms with Crippen LogP contribution in [0.25, 0.3) is 16.9 Å². The van der Waals surface area contributed by atoms with Gasteiger partial charge in [-0.2, -0.15) is 0 Å². The molecule has 4 aromatic rings. The van der Waals surface area contributed by atoms with Crippen molar-refractivity contribution in [2.24, 2.45) is 4.99 Å². The molecule has 4 rings (SSSR count). The van der Waals surface area contributed by atoms with Crippen molar-refractivity contribution in [3.05, 3.63) is 99.1 Å². The molecule has 0 atom stereocenters. The standard InChI is InChI=1S/C23H17ClN4O3/c1-14-19(22(29)28(27-14)17-6-4-5-16(24)12-17)13-26-21-9-8-15(11-18(21)23(30)31)20-7-2-3-10-25-20/h2-13,27H,1H3,(H,30,31). The summed E-state index contributed by atoms with van der Waals surface area (Å²) in [5, 5.41) is 13.1. The largest absolute Gasteiger partial charge is 0.478 e. The number of carboxylic acid groups (broad SMARTS) is 1. The summed E-state index contributed by atoms with van der Waals surface area (Å²) in [6.07, 6.45) is 3.01. The number of nitrogens with one attached hydrogen (secondary N) is 1. The SMILES string of the molecule is Cc1[nH]n(-c2cccc(Cl)c2)c(=O)c1C=Nc1ccc(-c2ccccn2)cc1C(=O)O. The molecule has 154 valence electrons. The Morgan fingerprint density at radius 1 is 1.16 bits per heavy atom. The molecule has 0 radical (unpaired) electrons. The summed E-state index contributed by atoms with van der Waals surface area (Å²) in [6.45, 7) is 1.74. The van der Waals surface area contributed by atoms with Crippen molar-refractivity contribution in [2.45, 2.75) is 6.92 Å². The normalized spacial score (nSPS) is 11.2. The number of hydrogen-bond donors (Lipinski definition) is 2. The van der Waals surface area contributed by atoms with Crippen LogP contribution in [0.4, 0.5) is 5.69 Å². The number of aryl methyl sites for hydroxylation is 1. The van der Waals surface area contributed by atoms with Crippen molar-refractivity contribution in [1.82, 2.24) is 14.8 Å². The third-order valence-electron chi connectivity index (χ3n) is 4.70. The van der Waals surface area contributed by atoms with Gasteiger partial charge in [0.25, 0.3) is 5.56 Å². The molecule has 0 aliphatic rings. The van der Waals surface area contributed by atoms with E-state index in [1.165, 1.54) is 17.0 Å². The first-order valence-corrected chi connectivity index (χ1v) is 9.72. The van der Waals surface area contributed by atoms with Gasteiger partial charge < -0.3 is 5.11 Å². The zero-order valence-electron chi connectivity index (χ0n) is 16.4. The van der Waals surface area contributed by atoms with Crippen LogP contribution in [0.2, 0.25) is 5.02 Å². The molecule has 0 fully saturated rings. The van der Waals surface area contributed by atoms with E-state index in [1.807, 2.05) is 6.07 Å². The number of hydrogen-bond acceptors (Lipinski definition) is 4. The van der Waals surface area contributed by atoms with Crippen molar-refractivity contribution >= 4 is 29.5 Å². The maximum Gasteiger partial charge on any atom is 0.337 e. The van der Waals surface area contributed by atoms with Crippen molar-refractivity contribution in [1.29, 1.82) is 0 Å². The fourth-order valence-electron chi connectivity index (χ4n) is 3.16. The summed E-state index contributed by atoms with van der Waals surface area (Å²) in [5.74, 6) is -1.12. The number of aliphatic imine (C=N–C) groups is 1. The molecular weight excluding hydrogens is 416 g/mol. The molecular formula is C23H17ClN4O3. The Kier molecular flexibility index (Phi) is 5.51. The van der Waals surface area contributed by atoms with Gasteiger partial charge in [0.15, 0.2) is 0 Å². The molecule has 0 bridgehead atoms. The number of aromatic carboxylic acids is 1. The number of carbonyl (C=O) groups is 1. The van der Waals surface area contributed by atoms with E-state index in [1.54, 1.807) is 61.7 Å². The molecule has 7 nitrogen and oxygen atoms in total. The average Bonchev–Trinajstić information content (AvgIpc) is 3.06. The van der Waals surface area contributed by atoms with Crippen molar-refractivity contribution < 1.29 is 9.90 Å². The Bertz CT molecular complexity index is 1360. The zero-order valence-corrected chi connectivity index (χ0v) is 17.2. The molecule has 2 N–H and O–H groups in total. The Morgan fingerprint density at radius 2 is 2.00 bits per heavy atom. The van der Waals surface area contributed by atoms with E-state index in [-0.39, 0.29) is 16.8 Å². The van der Waals surface area contributed by atoms with Crippen LogP contribution in [0.3, 0.4) is 0 Å². The summed E-state index contributed by atoms with van der Waals surface area (Å²) in [5.41, 5.74) is 2.77. The van der Waals surface area contributed by atoms with E-state index in [0.717, 1.165) is 0 Å². The lowest BCUT2D eigenvalue weighted by molar-refractivity contribution is 0.0698. The third-order valence-corrected chi connectivity index (χ3v) is 4.94. The van der Waals surface area contributed by atoms with E-state index >= 15 is 0 Å². The minimum Gasteiger partial charge on any atom is -0.478 e. The number of aromatic nitrogens is 3. The second-order valence-electron chi connectivity index (χ2n) is 6.78. The summed E-state index contributed by atoms with van der Waals surface area (Å²) in [4.78, 5) is 33.2. The molecule has 0 saturated heterocycles. The van der Waals surface area contributed by atoms with Crippen LogP contribution in [-0.2, 0) is 0 Å². The molecule has 0 spiro atoms. The quantitative estimate of drug-likeness (QED) is 0.448. The number of aromatic amines is 1. The van der Waals surface area contributed by atoms with Crippen molar-refractivity contribution in [3.8, 4) is 16.9 Å². The summed E-state index contributed by atoms with van der Waals surface area (Å²) >= 11 is 6.02. The highest BCUT2D eigenvalue weighted by molar-refractivity contribution is 6.30. The highest BCUT2D eigenvalue weighted by atomic mass is 35.5. The fourth-order valence-corrected chi connectivity index (χ4v) is 3.34. The molecule has 2 heterocycles. The summed E-state index contributed by atoms with van der Waals surface area (Å²) in [7, 11) is 0. The van der Waals surface area contributed by atoms with Crippen molar-refractivity contribution in [3.63, 3.8) is 0 Å².